The molecule has 5 nitrogen and oxygen atoms in total. The first kappa shape index (κ1) is 15.2. The fraction of sp³-hybridized carbons (Fsp3) is 0.190. The van der Waals surface area contributed by atoms with Gasteiger partial charge in [0.15, 0.2) is 5.78 Å². The third-order valence-corrected chi connectivity index (χ3v) is 5.13. The van der Waals surface area contributed by atoms with Gasteiger partial charge in [-0.15, -0.1) is 0 Å². The second-order valence-electron chi connectivity index (χ2n) is 6.53. The lowest BCUT2D eigenvalue weighted by Gasteiger charge is -2.45. The molecule has 3 aromatic carbocycles. The Morgan fingerprint density at radius 3 is 2.35 bits per heavy atom. The molecule has 0 saturated carbocycles. The highest BCUT2D eigenvalue weighted by molar-refractivity contribution is 6.02. The highest BCUT2D eigenvalue weighted by Crippen LogP contribution is 2.50. The molecule has 1 spiro atoms. The van der Waals surface area contributed by atoms with Crippen LogP contribution in [0.4, 0.5) is 0 Å². The molecule has 0 amide bonds. The number of ether oxygens (including phenoxy) is 3. The molecule has 0 fully saturated rings. The average molecular weight is 348 g/mol. The maximum absolute atomic E-state index is 12.6. The number of hydrogen-bond acceptors (Lipinski definition) is 5. The van der Waals surface area contributed by atoms with Crippen LogP contribution in [0.1, 0.15) is 22.3 Å². The minimum absolute atomic E-state index is 0.0548. The van der Waals surface area contributed by atoms with Crippen LogP contribution in [-0.2, 0) is 10.5 Å². The number of rotatable bonds is 1. The fourth-order valence-corrected chi connectivity index (χ4v) is 3.97. The van der Waals surface area contributed by atoms with Crippen molar-refractivity contribution in [1.29, 1.82) is 0 Å². The zero-order valence-electron chi connectivity index (χ0n) is 14.1. The van der Waals surface area contributed by atoms with Crippen LogP contribution in [-0.4, -0.2) is 24.1 Å². The summed E-state index contributed by atoms with van der Waals surface area (Å²) < 4.78 is 18.3. The van der Waals surface area contributed by atoms with Crippen LogP contribution in [0.5, 0.6) is 17.2 Å². The van der Waals surface area contributed by atoms with E-state index in [2.05, 4.69) is 0 Å². The largest absolute Gasteiger partial charge is 0.507 e. The molecule has 0 aromatic heterocycles. The summed E-state index contributed by atoms with van der Waals surface area (Å²) in [6.45, 7) is 0. The number of phenols is 1. The summed E-state index contributed by atoms with van der Waals surface area (Å²) in [5, 5.41) is 12.2. The number of carbonyl (C=O) groups is 1. The van der Waals surface area contributed by atoms with Gasteiger partial charge in [-0.2, -0.15) is 0 Å². The third kappa shape index (κ3) is 1.86. The van der Waals surface area contributed by atoms with Crippen LogP contribution in [0.25, 0.3) is 10.8 Å². The van der Waals surface area contributed by atoms with Gasteiger partial charge in [0.25, 0.3) is 0 Å². The van der Waals surface area contributed by atoms with E-state index in [1.165, 1.54) is 13.2 Å². The first-order valence-corrected chi connectivity index (χ1v) is 8.42. The number of ketones is 1. The van der Waals surface area contributed by atoms with Gasteiger partial charge in [0, 0.05) is 13.5 Å². The lowest BCUT2D eigenvalue weighted by Crippen LogP contribution is -2.55. The Morgan fingerprint density at radius 2 is 1.69 bits per heavy atom. The second-order valence-corrected chi connectivity index (χ2v) is 6.53. The molecule has 0 saturated heterocycles. The number of hydrogen-bond donors (Lipinski definition) is 1. The zero-order valence-corrected chi connectivity index (χ0v) is 14.1. The standard InChI is InChI=1S/C21H16O5/c1-24-18-11-15(23)20-13(7-4-8-14(20)22)21(18)25-16-9-2-5-12-6-3-10-17(26-21)19(12)16/h2-10,18,22H,11H2,1H3. The molecule has 26 heavy (non-hydrogen) atoms. The molecule has 1 N–H and O–H groups in total. The average Bonchev–Trinajstić information content (AvgIpc) is 2.65. The number of Topliss-reactive ketones (excluding diaryl/α,β-unsaturated/α-hetero) is 1. The lowest BCUT2D eigenvalue weighted by atomic mass is 9.82. The predicted octanol–water partition coefficient (Wildman–Crippen LogP) is 3.77. The van der Waals surface area contributed by atoms with Gasteiger partial charge in [-0.25, -0.2) is 0 Å². The number of phenolic OH excluding ortho intramolecular Hbond substituents is 1. The molecule has 2 aliphatic rings. The van der Waals surface area contributed by atoms with Crippen molar-refractivity contribution in [2.75, 3.05) is 7.11 Å². The highest BCUT2D eigenvalue weighted by Gasteiger charge is 2.55. The van der Waals surface area contributed by atoms with Crippen molar-refractivity contribution in [1.82, 2.24) is 0 Å². The van der Waals surface area contributed by atoms with Gasteiger partial charge in [-0.3, -0.25) is 4.79 Å². The van der Waals surface area contributed by atoms with E-state index in [0.717, 1.165) is 10.8 Å². The lowest BCUT2D eigenvalue weighted by molar-refractivity contribution is -0.208. The van der Waals surface area contributed by atoms with Crippen LogP contribution in [0, 0.1) is 0 Å². The van der Waals surface area contributed by atoms with E-state index >= 15 is 0 Å². The summed E-state index contributed by atoms with van der Waals surface area (Å²) in [6.07, 6.45) is -0.591. The molecule has 1 heterocycles. The number of carbonyl (C=O) groups excluding carboxylic acids is 1. The molecule has 1 atom stereocenters. The van der Waals surface area contributed by atoms with Crippen molar-refractivity contribution < 1.29 is 24.1 Å². The molecular formula is C21H16O5. The molecule has 5 heteroatoms. The van der Waals surface area contributed by atoms with E-state index in [1.54, 1.807) is 12.1 Å². The van der Waals surface area contributed by atoms with Crippen LogP contribution < -0.4 is 9.47 Å². The fourth-order valence-electron chi connectivity index (χ4n) is 3.97. The molecule has 0 bridgehead atoms. The van der Waals surface area contributed by atoms with Gasteiger partial charge in [0.2, 0.25) is 0 Å². The summed E-state index contributed by atoms with van der Waals surface area (Å²) in [4.78, 5) is 12.6. The monoisotopic (exact) mass is 348 g/mol. The third-order valence-electron chi connectivity index (χ3n) is 5.13. The summed E-state index contributed by atoms with van der Waals surface area (Å²) >= 11 is 0. The van der Waals surface area contributed by atoms with Crippen molar-refractivity contribution >= 4 is 16.6 Å². The van der Waals surface area contributed by atoms with Crippen molar-refractivity contribution in [3.05, 3.63) is 65.7 Å². The van der Waals surface area contributed by atoms with Crippen molar-refractivity contribution in [3.8, 4) is 17.2 Å². The Bertz CT molecular complexity index is 1010. The summed E-state index contributed by atoms with van der Waals surface area (Å²) in [6, 6.07) is 16.5. The molecule has 0 radical (unpaired) electrons. The van der Waals surface area contributed by atoms with Crippen molar-refractivity contribution in [2.45, 2.75) is 18.3 Å². The molecular weight excluding hydrogens is 332 g/mol. The molecule has 1 unspecified atom stereocenters. The summed E-state index contributed by atoms with van der Waals surface area (Å²) in [5.41, 5.74) is 0.708. The SMILES string of the molecule is COC1CC(=O)c2c(O)cccc2C12Oc1cccc3cccc(c13)O2. The van der Waals surface area contributed by atoms with Gasteiger partial charge in [-0.1, -0.05) is 36.4 Å². The molecule has 3 aromatic rings. The van der Waals surface area contributed by atoms with Crippen molar-refractivity contribution in [3.63, 3.8) is 0 Å². The first-order valence-electron chi connectivity index (χ1n) is 8.42. The van der Waals surface area contributed by atoms with Gasteiger partial charge in [0.05, 0.1) is 16.5 Å². The number of benzene rings is 3. The number of aromatic hydroxyl groups is 1. The number of fused-ring (bicyclic) bond motifs is 2. The van der Waals surface area contributed by atoms with Crippen LogP contribution in [0.2, 0.25) is 0 Å². The van der Waals surface area contributed by atoms with Crippen LogP contribution >= 0.6 is 0 Å². The minimum atomic E-state index is -1.33. The maximum atomic E-state index is 12.6. The smallest absolute Gasteiger partial charge is 0.305 e. The predicted molar refractivity (Wildman–Crippen MR) is 94.7 cm³/mol. The van der Waals surface area contributed by atoms with Gasteiger partial charge in [-0.05, 0) is 23.6 Å². The van der Waals surface area contributed by atoms with E-state index in [9.17, 15) is 9.90 Å². The van der Waals surface area contributed by atoms with Crippen LogP contribution in [0.15, 0.2) is 54.6 Å². The first-order chi connectivity index (χ1) is 12.6. The van der Waals surface area contributed by atoms with Gasteiger partial charge >= 0.3 is 5.79 Å². The number of methoxy groups -OCH3 is 1. The van der Waals surface area contributed by atoms with Crippen molar-refractivity contribution in [2.24, 2.45) is 0 Å². The molecule has 5 rings (SSSR count). The summed E-state index contributed by atoms with van der Waals surface area (Å²) in [7, 11) is 1.53. The Morgan fingerprint density at radius 1 is 1.04 bits per heavy atom. The highest BCUT2D eigenvalue weighted by atomic mass is 16.7. The Hall–Kier alpha value is -3.05. The Labute approximate surface area is 149 Å². The molecule has 1 aliphatic heterocycles. The molecule has 1 aliphatic carbocycles. The maximum Gasteiger partial charge on any atom is 0.305 e. The summed E-state index contributed by atoms with van der Waals surface area (Å²) in [5.74, 6) is -0.282. The zero-order chi connectivity index (χ0) is 17.9. The van der Waals surface area contributed by atoms with E-state index < -0.39 is 11.9 Å². The van der Waals surface area contributed by atoms with E-state index in [4.69, 9.17) is 14.2 Å². The Balaban J connectivity index is 1.80. The second kappa shape index (κ2) is 5.22. The van der Waals surface area contributed by atoms with E-state index in [-0.39, 0.29) is 23.5 Å². The quantitative estimate of drug-likeness (QED) is 0.725. The normalized spacial score (nSPS) is 19.7. The van der Waals surface area contributed by atoms with E-state index in [0.29, 0.717) is 17.1 Å². The minimum Gasteiger partial charge on any atom is -0.507 e. The Kier molecular flexibility index (Phi) is 3.06. The van der Waals surface area contributed by atoms with E-state index in [1.807, 2.05) is 36.4 Å². The topological polar surface area (TPSA) is 65.0 Å². The van der Waals surface area contributed by atoms with Crippen LogP contribution in [0.3, 0.4) is 0 Å². The molecule has 130 valence electrons. The van der Waals surface area contributed by atoms with Gasteiger partial charge in [0.1, 0.15) is 23.4 Å². The van der Waals surface area contributed by atoms with Gasteiger partial charge < -0.3 is 19.3 Å².